The predicted molar refractivity (Wildman–Crippen MR) is 113 cm³/mol. The highest BCUT2D eigenvalue weighted by Crippen LogP contribution is 2.27. The smallest absolute Gasteiger partial charge is 0.267 e. The van der Waals surface area contributed by atoms with Crippen LogP contribution in [0.2, 0.25) is 10.0 Å². The van der Waals surface area contributed by atoms with Gasteiger partial charge in [0.25, 0.3) is 5.91 Å². The van der Waals surface area contributed by atoms with E-state index in [2.05, 4.69) is 28.7 Å². The van der Waals surface area contributed by atoms with Crippen LogP contribution in [-0.2, 0) is 0 Å². The lowest BCUT2D eigenvalue weighted by Gasteiger charge is -2.08. The van der Waals surface area contributed by atoms with Crippen LogP contribution in [0.25, 0.3) is 21.5 Å². The van der Waals surface area contributed by atoms with Crippen LogP contribution in [0.4, 0.5) is 0 Å². The molecule has 0 saturated carbocycles. The summed E-state index contributed by atoms with van der Waals surface area (Å²) in [4.78, 5) is 12.3. The summed E-state index contributed by atoms with van der Waals surface area (Å²) in [6.07, 6.45) is 1.67. The number of hydrogen-bond acceptors (Lipinski definition) is 2. The Balaban J connectivity index is 1.70. The Kier molecular flexibility index (Phi) is 4.80. The molecule has 4 aromatic rings. The molecule has 0 radical (unpaired) electrons. The van der Waals surface area contributed by atoms with E-state index >= 15 is 0 Å². The number of benzene rings is 4. The third kappa shape index (κ3) is 3.52. The number of carbonyl (C=O) groups excluding carboxylic acids is 1. The maximum Gasteiger partial charge on any atom is 0.272 e. The molecule has 27 heavy (non-hydrogen) atoms. The van der Waals surface area contributed by atoms with Crippen molar-refractivity contribution in [1.29, 1.82) is 0 Å². The van der Waals surface area contributed by atoms with Crippen molar-refractivity contribution in [2.45, 2.75) is 0 Å². The Morgan fingerprint density at radius 3 is 2.11 bits per heavy atom. The first kappa shape index (κ1) is 17.5. The second kappa shape index (κ2) is 7.39. The van der Waals surface area contributed by atoms with Gasteiger partial charge in [-0.05, 0) is 45.8 Å². The fourth-order valence-electron chi connectivity index (χ4n) is 3.08. The molecule has 0 bridgehead atoms. The van der Waals surface area contributed by atoms with Gasteiger partial charge in [0.1, 0.15) is 0 Å². The summed E-state index contributed by atoms with van der Waals surface area (Å²) in [6, 6.07) is 23.0. The number of halogens is 2. The number of nitrogens with zero attached hydrogens (tertiary/aromatic N) is 1. The first-order valence-corrected chi connectivity index (χ1v) is 9.08. The Bertz CT molecular complexity index is 1150. The minimum Gasteiger partial charge on any atom is -0.267 e. The Morgan fingerprint density at radius 1 is 0.852 bits per heavy atom. The van der Waals surface area contributed by atoms with Crippen LogP contribution in [-0.4, -0.2) is 12.1 Å². The lowest BCUT2D eigenvalue weighted by Crippen LogP contribution is -2.18. The largest absolute Gasteiger partial charge is 0.272 e. The molecule has 0 aliphatic carbocycles. The van der Waals surface area contributed by atoms with Gasteiger partial charge in [0.2, 0.25) is 0 Å². The molecule has 0 heterocycles. The molecule has 0 spiro atoms. The summed E-state index contributed by atoms with van der Waals surface area (Å²) in [6.45, 7) is 0. The highest BCUT2D eigenvalue weighted by molar-refractivity contribution is 6.36. The molecule has 4 rings (SSSR count). The molecule has 1 amide bonds. The molecule has 132 valence electrons. The fourth-order valence-corrected chi connectivity index (χ4v) is 3.57. The Hall–Kier alpha value is -2.88. The summed E-state index contributed by atoms with van der Waals surface area (Å²) in [5.74, 6) is -0.391. The van der Waals surface area contributed by atoms with Crippen molar-refractivity contribution in [3.05, 3.63) is 94.0 Å². The molecule has 4 aromatic carbocycles. The number of hydrazone groups is 1. The topological polar surface area (TPSA) is 41.5 Å². The second-order valence-corrected chi connectivity index (χ2v) is 6.90. The fraction of sp³-hybridized carbons (Fsp3) is 0. The van der Waals surface area contributed by atoms with Crippen LogP contribution in [0, 0.1) is 0 Å². The average Bonchev–Trinajstić information content (AvgIpc) is 2.67. The molecule has 0 unspecified atom stereocenters. The van der Waals surface area contributed by atoms with Gasteiger partial charge in [-0.2, -0.15) is 5.10 Å². The molecule has 3 nitrogen and oxygen atoms in total. The van der Waals surface area contributed by atoms with E-state index in [0.29, 0.717) is 10.6 Å². The third-order valence-corrected chi connectivity index (χ3v) is 4.90. The third-order valence-electron chi connectivity index (χ3n) is 4.35. The molecule has 0 atom stereocenters. The van der Waals surface area contributed by atoms with Crippen molar-refractivity contribution in [1.82, 2.24) is 5.43 Å². The number of amides is 1. The van der Waals surface area contributed by atoms with Crippen LogP contribution in [0.15, 0.2) is 77.9 Å². The summed E-state index contributed by atoms with van der Waals surface area (Å²) in [5.41, 5.74) is 3.81. The van der Waals surface area contributed by atoms with E-state index in [4.69, 9.17) is 23.2 Å². The van der Waals surface area contributed by atoms with Gasteiger partial charge in [0, 0.05) is 10.6 Å². The van der Waals surface area contributed by atoms with E-state index < -0.39 is 5.91 Å². The number of hydrogen-bond donors (Lipinski definition) is 1. The molecule has 0 saturated heterocycles. The Morgan fingerprint density at radius 2 is 1.48 bits per heavy atom. The van der Waals surface area contributed by atoms with Crippen molar-refractivity contribution in [3.8, 4) is 0 Å². The van der Waals surface area contributed by atoms with Crippen molar-refractivity contribution < 1.29 is 4.79 Å². The lowest BCUT2D eigenvalue weighted by molar-refractivity contribution is 0.0955. The molecule has 0 aliphatic rings. The SMILES string of the molecule is O=C(NN=Cc1c2ccccc2cc2ccccc12)c1ccc(Cl)cc1Cl. The van der Waals surface area contributed by atoms with Crippen LogP contribution < -0.4 is 5.43 Å². The van der Waals surface area contributed by atoms with E-state index in [1.807, 2.05) is 36.4 Å². The van der Waals surface area contributed by atoms with Crippen molar-refractivity contribution in [2.75, 3.05) is 0 Å². The monoisotopic (exact) mass is 392 g/mol. The van der Waals surface area contributed by atoms with Crippen molar-refractivity contribution in [3.63, 3.8) is 0 Å². The molecule has 0 aliphatic heterocycles. The van der Waals surface area contributed by atoms with E-state index in [1.54, 1.807) is 18.3 Å². The van der Waals surface area contributed by atoms with Gasteiger partial charge in [-0.25, -0.2) is 5.43 Å². The molecule has 1 N–H and O–H groups in total. The molecule has 0 aromatic heterocycles. The first-order chi connectivity index (χ1) is 13.1. The molecule has 5 heteroatoms. The number of carbonyl (C=O) groups is 1. The van der Waals surface area contributed by atoms with Gasteiger partial charge in [-0.1, -0.05) is 71.7 Å². The zero-order valence-corrected chi connectivity index (χ0v) is 15.6. The minimum absolute atomic E-state index is 0.283. The van der Waals surface area contributed by atoms with Gasteiger partial charge in [0.05, 0.1) is 16.8 Å². The summed E-state index contributed by atoms with van der Waals surface area (Å²) >= 11 is 12.0. The average molecular weight is 393 g/mol. The standard InChI is InChI=1S/C22H14Cl2N2O/c23-16-9-10-19(21(24)12-16)22(27)26-25-13-20-17-7-3-1-5-14(17)11-15-6-2-4-8-18(15)20/h1-13H,(H,26,27). The summed E-state index contributed by atoms with van der Waals surface area (Å²) < 4.78 is 0. The Labute approximate surface area is 166 Å². The zero-order valence-electron chi connectivity index (χ0n) is 14.1. The molecule has 0 fully saturated rings. The van der Waals surface area contributed by atoms with Gasteiger partial charge >= 0.3 is 0 Å². The highest BCUT2D eigenvalue weighted by atomic mass is 35.5. The van der Waals surface area contributed by atoms with Crippen molar-refractivity contribution >= 4 is 56.9 Å². The number of rotatable bonds is 3. The van der Waals surface area contributed by atoms with E-state index in [1.165, 1.54) is 6.07 Å². The normalized spacial score (nSPS) is 11.3. The van der Waals surface area contributed by atoms with E-state index in [9.17, 15) is 4.79 Å². The maximum atomic E-state index is 12.3. The van der Waals surface area contributed by atoms with Crippen LogP contribution in [0.3, 0.4) is 0 Å². The van der Waals surface area contributed by atoms with Gasteiger partial charge in [-0.3, -0.25) is 4.79 Å². The van der Waals surface area contributed by atoms with Gasteiger partial charge in [0.15, 0.2) is 0 Å². The van der Waals surface area contributed by atoms with Gasteiger partial charge < -0.3 is 0 Å². The predicted octanol–water partition coefficient (Wildman–Crippen LogP) is 6.06. The molecular formula is C22H14Cl2N2O. The summed E-state index contributed by atoms with van der Waals surface area (Å²) in [7, 11) is 0. The van der Waals surface area contributed by atoms with Crippen LogP contribution in [0.1, 0.15) is 15.9 Å². The van der Waals surface area contributed by atoms with Crippen molar-refractivity contribution in [2.24, 2.45) is 5.10 Å². The maximum absolute atomic E-state index is 12.3. The van der Waals surface area contributed by atoms with Crippen LogP contribution in [0.5, 0.6) is 0 Å². The van der Waals surface area contributed by atoms with E-state index in [-0.39, 0.29) is 5.02 Å². The number of fused-ring (bicyclic) bond motifs is 2. The second-order valence-electron chi connectivity index (χ2n) is 6.06. The molecular weight excluding hydrogens is 379 g/mol. The minimum atomic E-state index is -0.391. The lowest BCUT2D eigenvalue weighted by atomic mass is 9.97. The summed E-state index contributed by atoms with van der Waals surface area (Å²) in [5, 5.41) is 9.29. The number of nitrogens with one attached hydrogen (secondary N) is 1. The quantitative estimate of drug-likeness (QED) is 0.256. The van der Waals surface area contributed by atoms with Gasteiger partial charge in [-0.15, -0.1) is 0 Å². The highest BCUT2D eigenvalue weighted by Gasteiger charge is 2.10. The zero-order chi connectivity index (χ0) is 18.8. The first-order valence-electron chi connectivity index (χ1n) is 8.32. The van der Waals surface area contributed by atoms with Crippen LogP contribution >= 0.6 is 23.2 Å². The van der Waals surface area contributed by atoms with E-state index in [0.717, 1.165) is 27.1 Å².